The highest BCUT2D eigenvalue weighted by Crippen LogP contribution is 2.47. The first-order valence-corrected chi connectivity index (χ1v) is 11.8. The van der Waals surface area contributed by atoms with Crippen molar-refractivity contribution in [1.82, 2.24) is 0 Å². The number of thioether (sulfide) groups is 2. The van der Waals surface area contributed by atoms with Crippen LogP contribution in [0, 0.1) is 0 Å². The van der Waals surface area contributed by atoms with Crippen molar-refractivity contribution in [2.24, 2.45) is 4.99 Å². The number of hydrogen-bond donors (Lipinski definition) is 0. The molecule has 3 aromatic rings. The SMILES string of the molecule is Clc1ccc(N=C=C(c2ccccc2)c2ccccc2)c(C2SCCCS2)c1. The van der Waals surface area contributed by atoms with Crippen LogP contribution >= 0.6 is 35.1 Å². The summed E-state index contributed by atoms with van der Waals surface area (Å²) in [5, 5.41) is 0.760. The summed E-state index contributed by atoms with van der Waals surface area (Å²) in [7, 11) is 0. The van der Waals surface area contributed by atoms with Crippen molar-refractivity contribution in [3.8, 4) is 0 Å². The Balaban J connectivity index is 1.81. The van der Waals surface area contributed by atoms with E-state index in [0.717, 1.165) is 27.4 Å². The second kappa shape index (κ2) is 9.54. The van der Waals surface area contributed by atoms with Gasteiger partial charge in [0.2, 0.25) is 0 Å². The van der Waals surface area contributed by atoms with Crippen molar-refractivity contribution >= 4 is 52.3 Å². The number of halogens is 1. The summed E-state index contributed by atoms with van der Waals surface area (Å²) in [6.07, 6.45) is 1.26. The van der Waals surface area contributed by atoms with Crippen LogP contribution in [-0.4, -0.2) is 17.4 Å². The molecule has 4 heteroatoms. The molecule has 4 rings (SSSR count). The molecule has 0 spiro atoms. The molecule has 0 saturated carbocycles. The van der Waals surface area contributed by atoms with Crippen LogP contribution in [0.25, 0.3) is 5.57 Å². The fourth-order valence-corrected chi connectivity index (χ4v) is 6.22. The number of hydrogen-bond acceptors (Lipinski definition) is 3. The first kappa shape index (κ1) is 19.4. The Morgan fingerprint density at radius 3 is 2.07 bits per heavy atom. The molecule has 0 radical (unpaired) electrons. The summed E-state index contributed by atoms with van der Waals surface area (Å²) in [5.74, 6) is 5.71. The van der Waals surface area contributed by atoms with Gasteiger partial charge in [-0.1, -0.05) is 72.3 Å². The molecule has 140 valence electrons. The third-order valence-corrected chi connectivity index (χ3v) is 7.70. The van der Waals surface area contributed by atoms with Crippen LogP contribution in [0.5, 0.6) is 0 Å². The van der Waals surface area contributed by atoms with Crippen LogP contribution in [0.1, 0.15) is 27.7 Å². The van der Waals surface area contributed by atoms with E-state index in [9.17, 15) is 0 Å². The van der Waals surface area contributed by atoms with Crippen LogP contribution in [0.2, 0.25) is 5.02 Å². The first-order chi connectivity index (χ1) is 13.8. The van der Waals surface area contributed by atoms with Crippen molar-refractivity contribution in [2.75, 3.05) is 11.5 Å². The van der Waals surface area contributed by atoms with Gasteiger partial charge in [0.1, 0.15) is 0 Å². The van der Waals surface area contributed by atoms with Crippen molar-refractivity contribution in [3.63, 3.8) is 0 Å². The van der Waals surface area contributed by atoms with Gasteiger partial charge in [0.25, 0.3) is 0 Å². The molecule has 0 unspecified atom stereocenters. The normalized spacial score (nSPS) is 14.3. The van der Waals surface area contributed by atoms with Crippen LogP contribution < -0.4 is 0 Å². The van der Waals surface area contributed by atoms with Gasteiger partial charge < -0.3 is 0 Å². The fraction of sp³-hybridized carbons (Fsp3) is 0.167. The van der Waals surface area contributed by atoms with Gasteiger partial charge in [-0.05, 0) is 53.1 Å². The quantitative estimate of drug-likeness (QED) is 0.401. The monoisotopic (exact) mass is 421 g/mol. The van der Waals surface area contributed by atoms with E-state index in [1.54, 1.807) is 0 Å². The topological polar surface area (TPSA) is 12.4 Å². The Labute approximate surface area is 179 Å². The van der Waals surface area contributed by atoms with Crippen LogP contribution in [0.4, 0.5) is 5.69 Å². The van der Waals surface area contributed by atoms with E-state index < -0.39 is 0 Å². The molecule has 1 fully saturated rings. The molecule has 3 aromatic carbocycles. The summed E-state index contributed by atoms with van der Waals surface area (Å²) in [4.78, 5) is 4.80. The highest BCUT2D eigenvalue weighted by molar-refractivity contribution is 8.16. The summed E-state index contributed by atoms with van der Waals surface area (Å²) in [6, 6.07) is 26.6. The molecule has 0 atom stereocenters. The zero-order chi connectivity index (χ0) is 19.2. The molecule has 0 amide bonds. The molecule has 1 heterocycles. The molecule has 1 nitrogen and oxygen atoms in total. The number of nitrogens with zero attached hydrogens (tertiary/aromatic N) is 1. The lowest BCUT2D eigenvalue weighted by Gasteiger charge is -2.22. The zero-order valence-electron chi connectivity index (χ0n) is 15.3. The lowest BCUT2D eigenvalue weighted by molar-refractivity contribution is 1.10. The standard InChI is InChI=1S/C24H20ClNS2/c25-20-12-13-23(21(16-20)24-27-14-7-15-28-24)26-17-22(18-8-3-1-4-9-18)19-10-5-2-6-11-19/h1-6,8-13,16,24H,7,14-15H2. The fourth-order valence-electron chi connectivity index (χ4n) is 3.10. The largest absolute Gasteiger partial charge is 0.205 e. The van der Waals surface area contributed by atoms with Crippen molar-refractivity contribution < 1.29 is 0 Å². The lowest BCUT2D eigenvalue weighted by atomic mass is 9.99. The minimum absolute atomic E-state index is 0.380. The van der Waals surface area contributed by atoms with E-state index in [2.05, 4.69) is 36.2 Å². The van der Waals surface area contributed by atoms with Gasteiger partial charge in [-0.25, -0.2) is 4.99 Å². The van der Waals surface area contributed by atoms with E-state index in [1.165, 1.54) is 23.5 Å². The Hall–Kier alpha value is -1.90. The Bertz CT molecular complexity index is 948. The molecule has 0 N–H and O–H groups in total. The van der Waals surface area contributed by atoms with Gasteiger partial charge in [0, 0.05) is 10.6 Å². The van der Waals surface area contributed by atoms with Crippen LogP contribution in [0.3, 0.4) is 0 Å². The van der Waals surface area contributed by atoms with Gasteiger partial charge in [0.05, 0.1) is 15.8 Å². The Morgan fingerprint density at radius 2 is 1.46 bits per heavy atom. The van der Waals surface area contributed by atoms with E-state index in [1.807, 2.05) is 72.1 Å². The maximum atomic E-state index is 6.30. The number of rotatable bonds is 4. The van der Waals surface area contributed by atoms with Gasteiger partial charge >= 0.3 is 0 Å². The van der Waals surface area contributed by atoms with Gasteiger partial charge in [-0.3, -0.25) is 0 Å². The summed E-state index contributed by atoms with van der Waals surface area (Å²) in [6.45, 7) is 0. The molecule has 1 aliphatic heterocycles. The molecular formula is C24H20ClNS2. The Morgan fingerprint density at radius 1 is 0.857 bits per heavy atom. The maximum absolute atomic E-state index is 6.30. The second-order valence-corrected chi connectivity index (χ2v) is 9.62. The molecular weight excluding hydrogens is 402 g/mol. The minimum atomic E-state index is 0.380. The highest BCUT2D eigenvalue weighted by Gasteiger charge is 2.20. The number of aliphatic imine (C=N–C) groups is 1. The molecule has 0 aliphatic carbocycles. The van der Waals surface area contributed by atoms with E-state index in [0.29, 0.717) is 4.58 Å². The molecule has 0 bridgehead atoms. The third kappa shape index (κ3) is 4.74. The first-order valence-electron chi connectivity index (χ1n) is 9.28. The smallest absolute Gasteiger partial charge is 0.0782 e. The zero-order valence-corrected chi connectivity index (χ0v) is 17.7. The van der Waals surface area contributed by atoms with Gasteiger partial charge in [-0.15, -0.1) is 23.5 Å². The lowest BCUT2D eigenvalue weighted by Crippen LogP contribution is -2.00. The van der Waals surface area contributed by atoms with E-state index >= 15 is 0 Å². The van der Waals surface area contributed by atoms with Gasteiger partial charge in [-0.2, -0.15) is 0 Å². The van der Waals surface area contributed by atoms with Crippen LogP contribution in [-0.2, 0) is 0 Å². The van der Waals surface area contributed by atoms with E-state index in [4.69, 9.17) is 16.6 Å². The number of benzene rings is 3. The second-order valence-electron chi connectivity index (χ2n) is 6.46. The minimum Gasteiger partial charge on any atom is -0.205 e. The van der Waals surface area contributed by atoms with Crippen molar-refractivity contribution in [1.29, 1.82) is 0 Å². The predicted molar refractivity (Wildman–Crippen MR) is 126 cm³/mol. The average molecular weight is 422 g/mol. The maximum Gasteiger partial charge on any atom is 0.0782 e. The molecule has 1 saturated heterocycles. The average Bonchev–Trinajstić information content (AvgIpc) is 2.77. The van der Waals surface area contributed by atoms with Gasteiger partial charge in [0.15, 0.2) is 0 Å². The highest BCUT2D eigenvalue weighted by atomic mass is 35.5. The summed E-state index contributed by atoms with van der Waals surface area (Å²) < 4.78 is 0.380. The van der Waals surface area contributed by atoms with Crippen LogP contribution in [0.15, 0.2) is 83.9 Å². The molecule has 0 aromatic heterocycles. The van der Waals surface area contributed by atoms with Crippen molar-refractivity contribution in [3.05, 3.63) is 101 Å². The predicted octanol–water partition coefficient (Wildman–Crippen LogP) is 7.64. The summed E-state index contributed by atoms with van der Waals surface area (Å²) in [5.41, 5.74) is 5.34. The Kier molecular flexibility index (Phi) is 6.61. The summed E-state index contributed by atoms with van der Waals surface area (Å²) >= 11 is 10.3. The molecule has 28 heavy (non-hydrogen) atoms. The van der Waals surface area contributed by atoms with Crippen molar-refractivity contribution in [2.45, 2.75) is 11.0 Å². The third-order valence-electron chi connectivity index (χ3n) is 4.48. The van der Waals surface area contributed by atoms with E-state index in [-0.39, 0.29) is 0 Å². The molecule has 1 aliphatic rings.